The zero-order valence-corrected chi connectivity index (χ0v) is 14.9. The molecule has 1 aromatic carbocycles. The van der Waals surface area contributed by atoms with Crippen LogP contribution in [0.15, 0.2) is 35.1 Å². The lowest BCUT2D eigenvalue weighted by Gasteiger charge is -2.14. The monoisotopic (exact) mass is 345 g/mol. The standard InChI is InChI=1S/C18H23N3O4/c1-5-12(2)19-16(22)11-21-17(23)10-15(25-4)18(20-21)13-6-8-14(24-3)9-7-13/h6-10,12H,5,11H2,1-4H3,(H,19,22)/t12-/m0/s1. The molecule has 2 aromatic rings. The Balaban J connectivity index is 2.36. The molecular weight excluding hydrogens is 322 g/mol. The lowest BCUT2D eigenvalue weighted by Crippen LogP contribution is -2.37. The lowest BCUT2D eigenvalue weighted by atomic mass is 10.1. The van der Waals surface area contributed by atoms with Crippen LogP contribution in [0.5, 0.6) is 11.5 Å². The first-order chi connectivity index (χ1) is 12.0. The molecule has 0 aliphatic carbocycles. The highest BCUT2D eigenvalue weighted by Crippen LogP contribution is 2.27. The molecule has 7 heteroatoms. The highest BCUT2D eigenvalue weighted by atomic mass is 16.5. The number of ether oxygens (including phenoxy) is 2. The molecule has 0 fully saturated rings. The summed E-state index contributed by atoms with van der Waals surface area (Å²) < 4.78 is 11.6. The summed E-state index contributed by atoms with van der Waals surface area (Å²) in [5.74, 6) is 0.813. The molecule has 1 atom stereocenters. The zero-order chi connectivity index (χ0) is 18.4. The number of aromatic nitrogens is 2. The summed E-state index contributed by atoms with van der Waals surface area (Å²) >= 11 is 0. The number of nitrogens with one attached hydrogen (secondary N) is 1. The molecule has 1 N–H and O–H groups in total. The van der Waals surface area contributed by atoms with E-state index in [1.807, 2.05) is 26.0 Å². The van der Waals surface area contributed by atoms with Gasteiger partial charge in [-0.15, -0.1) is 0 Å². The predicted molar refractivity (Wildman–Crippen MR) is 94.9 cm³/mol. The highest BCUT2D eigenvalue weighted by Gasteiger charge is 2.14. The number of amides is 1. The highest BCUT2D eigenvalue weighted by molar-refractivity contribution is 5.76. The maximum Gasteiger partial charge on any atom is 0.270 e. The minimum atomic E-state index is -0.395. The Kier molecular flexibility index (Phi) is 6.16. The summed E-state index contributed by atoms with van der Waals surface area (Å²) in [6, 6.07) is 8.60. The van der Waals surface area contributed by atoms with E-state index in [4.69, 9.17) is 9.47 Å². The van der Waals surface area contributed by atoms with Crippen LogP contribution >= 0.6 is 0 Å². The van der Waals surface area contributed by atoms with Crippen LogP contribution in [0.4, 0.5) is 0 Å². The molecule has 0 aliphatic heterocycles. The maximum atomic E-state index is 12.2. The predicted octanol–water partition coefficient (Wildman–Crippen LogP) is 1.84. The molecule has 1 amide bonds. The first kappa shape index (κ1) is 18.5. The first-order valence-corrected chi connectivity index (χ1v) is 8.08. The van der Waals surface area contributed by atoms with E-state index in [0.717, 1.165) is 16.7 Å². The molecule has 134 valence electrons. The lowest BCUT2D eigenvalue weighted by molar-refractivity contribution is -0.122. The summed E-state index contributed by atoms with van der Waals surface area (Å²) in [5, 5.41) is 7.14. The van der Waals surface area contributed by atoms with Crippen molar-refractivity contribution in [2.45, 2.75) is 32.9 Å². The number of carbonyl (C=O) groups excluding carboxylic acids is 1. The van der Waals surface area contributed by atoms with Gasteiger partial charge >= 0.3 is 0 Å². The van der Waals surface area contributed by atoms with Crippen molar-refractivity contribution in [1.29, 1.82) is 0 Å². The molecule has 0 aliphatic rings. The summed E-state index contributed by atoms with van der Waals surface area (Å²) in [7, 11) is 3.06. The normalized spacial score (nSPS) is 11.7. The number of benzene rings is 1. The van der Waals surface area contributed by atoms with Crippen LogP contribution in [-0.4, -0.2) is 35.9 Å². The number of carbonyl (C=O) groups is 1. The molecule has 1 heterocycles. The summed E-state index contributed by atoms with van der Waals surface area (Å²) in [4.78, 5) is 24.3. The Morgan fingerprint density at radius 3 is 2.48 bits per heavy atom. The molecule has 7 nitrogen and oxygen atoms in total. The van der Waals surface area contributed by atoms with E-state index < -0.39 is 5.56 Å². The van der Waals surface area contributed by atoms with Crippen molar-refractivity contribution in [3.05, 3.63) is 40.7 Å². The van der Waals surface area contributed by atoms with Gasteiger partial charge in [0.2, 0.25) is 5.91 Å². The Labute approximate surface area is 146 Å². The van der Waals surface area contributed by atoms with Gasteiger partial charge in [-0.1, -0.05) is 6.92 Å². The smallest absolute Gasteiger partial charge is 0.270 e. The number of methoxy groups -OCH3 is 2. The molecule has 2 rings (SSSR count). The van der Waals surface area contributed by atoms with Gasteiger partial charge in [-0.3, -0.25) is 9.59 Å². The summed E-state index contributed by atoms with van der Waals surface area (Å²) in [6.45, 7) is 3.74. The fraction of sp³-hybridized carbons (Fsp3) is 0.389. The van der Waals surface area contributed by atoms with Crippen molar-refractivity contribution in [1.82, 2.24) is 15.1 Å². The largest absolute Gasteiger partial charge is 0.497 e. The fourth-order valence-electron chi connectivity index (χ4n) is 2.25. The van der Waals surface area contributed by atoms with Crippen molar-refractivity contribution in [2.24, 2.45) is 0 Å². The van der Waals surface area contributed by atoms with Crippen molar-refractivity contribution in [2.75, 3.05) is 14.2 Å². The molecule has 1 aromatic heterocycles. The summed E-state index contributed by atoms with van der Waals surface area (Å²) in [6.07, 6.45) is 0.813. The average molecular weight is 345 g/mol. The minimum absolute atomic E-state index is 0.0440. The number of nitrogens with zero attached hydrogens (tertiary/aromatic N) is 2. The van der Waals surface area contributed by atoms with Crippen molar-refractivity contribution < 1.29 is 14.3 Å². The van der Waals surface area contributed by atoms with Gasteiger partial charge < -0.3 is 14.8 Å². The van der Waals surface area contributed by atoms with Crippen LogP contribution in [0, 0.1) is 0 Å². The Hall–Kier alpha value is -2.83. The molecule has 0 unspecified atom stereocenters. The third-order valence-electron chi connectivity index (χ3n) is 3.86. The van der Waals surface area contributed by atoms with Gasteiger partial charge in [0.25, 0.3) is 5.56 Å². The second kappa shape index (κ2) is 8.32. The Morgan fingerprint density at radius 2 is 1.92 bits per heavy atom. The number of hydrogen-bond acceptors (Lipinski definition) is 5. The van der Waals surface area contributed by atoms with Crippen LogP contribution < -0.4 is 20.3 Å². The average Bonchev–Trinajstić information content (AvgIpc) is 2.62. The van der Waals surface area contributed by atoms with Crippen LogP contribution in [0.3, 0.4) is 0 Å². The molecule has 0 saturated carbocycles. The number of hydrogen-bond donors (Lipinski definition) is 1. The van der Waals surface area contributed by atoms with Gasteiger partial charge in [-0.05, 0) is 37.6 Å². The van der Waals surface area contributed by atoms with Crippen LogP contribution in [0.25, 0.3) is 11.3 Å². The van der Waals surface area contributed by atoms with Crippen LogP contribution in [0.1, 0.15) is 20.3 Å². The van der Waals surface area contributed by atoms with E-state index >= 15 is 0 Å². The van der Waals surface area contributed by atoms with Gasteiger partial charge in [0, 0.05) is 17.7 Å². The maximum absolute atomic E-state index is 12.2. The van der Waals surface area contributed by atoms with Crippen LogP contribution in [0.2, 0.25) is 0 Å². The molecule has 25 heavy (non-hydrogen) atoms. The van der Waals surface area contributed by atoms with Crippen molar-refractivity contribution >= 4 is 5.91 Å². The van der Waals surface area contributed by atoms with E-state index in [1.54, 1.807) is 19.2 Å². The zero-order valence-electron chi connectivity index (χ0n) is 14.9. The van der Waals surface area contributed by atoms with Gasteiger partial charge in [0.1, 0.15) is 18.0 Å². The van der Waals surface area contributed by atoms with Gasteiger partial charge in [0.05, 0.1) is 14.2 Å². The second-order valence-electron chi connectivity index (χ2n) is 5.66. The van der Waals surface area contributed by atoms with E-state index in [0.29, 0.717) is 17.2 Å². The van der Waals surface area contributed by atoms with Crippen molar-refractivity contribution in [3.8, 4) is 22.8 Å². The van der Waals surface area contributed by atoms with Gasteiger partial charge in [0.15, 0.2) is 5.75 Å². The molecule has 0 saturated heterocycles. The molecule has 0 bridgehead atoms. The second-order valence-corrected chi connectivity index (χ2v) is 5.66. The molecular formula is C18H23N3O4. The Bertz CT molecular complexity index is 784. The third kappa shape index (κ3) is 4.59. The molecule has 0 spiro atoms. The summed E-state index contributed by atoms with van der Waals surface area (Å²) in [5.41, 5.74) is 0.850. The first-order valence-electron chi connectivity index (χ1n) is 8.08. The van der Waals surface area contributed by atoms with Crippen molar-refractivity contribution in [3.63, 3.8) is 0 Å². The van der Waals surface area contributed by atoms with Gasteiger partial charge in [-0.25, -0.2) is 4.68 Å². The van der Waals surface area contributed by atoms with E-state index in [-0.39, 0.29) is 18.5 Å². The Morgan fingerprint density at radius 1 is 1.24 bits per heavy atom. The minimum Gasteiger partial charge on any atom is -0.497 e. The van der Waals surface area contributed by atoms with E-state index in [9.17, 15) is 9.59 Å². The van der Waals surface area contributed by atoms with E-state index in [2.05, 4.69) is 10.4 Å². The topological polar surface area (TPSA) is 82.5 Å². The third-order valence-corrected chi connectivity index (χ3v) is 3.86. The van der Waals surface area contributed by atoms with E-state index in [1.165, 1.54) is 13.2 Å². The van der Waals surface area contributed by atoms with Crippen LogP contribution in [-0.2, 0) is 11.3 Å². The number of rotatable bonds is 7. The fourth-order valence-corrected chi connectivity index (χ4v) is 2.25. The van der Waals surface area contributed by atoms with Gasteiger partial charge in [-0.2, -0.15) is 5.10 Å². The molecule has 0 radical (unpaired) electrons. The SMILES string of the molecule is CC[C@H](C)NC(=O)Cn1nc(-c2ccc(OC)cc2)c(OC)cc1=O. The quantitative estimate of drug-likeness (QED) is 0.828.